The Morgan fingerprint density at radius 1 is 1.43 bits per heavy atom. The molecule has 1 heterocycles. The molecule has 0 amide bonds. The van der Waals surface area contributed by atoms with E-state index >= 15 is 0 Å². The summed E-state index contributed by atoms with van der Waals surface area (Å²) < 4.78 is 1.46. The molecule has 1 aliphatic rings. The zero-order valence-corrected chi connectivity index (χ0v) is 14.7. The van der Waals surface area contributed by atoms with Crippen LogP contribution in [-0.4, -0.2) is 20.6 Å². The number of rotatable bonds is 4. The summed E-state index contributed by atoms with van der Waals surface area (Å²) in [7, 11) is 0. The molecular weight excluding hydrogens is 382 g/mol. The van der Waals surface area contributed by atoms with Crippen molar-refractivity contribution >= 4 is 33.2 Å². The van der Waals surface area contributed by atoms with E-state index in [0.717, 1.165) is 18.4 Å². The SMILES string of the molecule is CC(c1ccc(Cl)cc1)n1nc(Br)c(O)c(C(=N)C2CC2)c1=O. The number of halogens is 2. The maximum Gasteiger partial charge on any atom is 0.280 e. The van der Waals surface area contributed by atoms with Crippen LogP contribution < -0.4 is 5.56 Å². The van der Waals surface area contributed by atoms with Gasteiger partial charge in [-0.2, -0.15) is 5.10 Å². The highest BCUT2D eigenvalue weighted by atomic mass is 79.9. The molecule has 120 valence electrons. The number of aromatic nitrogens is 2. The summed E-state index contributed by atoms with van der Waals surface area (Å²) in [5.41, 5.74) is 0.637. The van der Waals surface area contributed by atoms with Crippen LogP contribution in [0.2, 0.25) is 5.02 Å². The Hall–Kier alpha value is -1.66. The van der Waals surface area contributed by atoms with Crippen LogP contribution in [0.25, 0.3) is 0 Å². The lowest BCUT2D eigenvalue weighted by atomic mass is 10.1. The largest absolute Gasteiger partial charge is 0.504 e. The molecule has 1 atom stereocenters. The number of aromatic hydroxyl groups is 1. The van der Waals surface area contributed by atoms with Crippen LogP contribution in [-0.2, 0) is 0 Å². The van der Waals surface area contributed by atoms with Gasteiger partial charge in [0.05, 0.1) is 11.8 Å². The van der Waals surface area contributed by atoms with Gasteiger partial charge in [0.1, 0.15) is 5.56 Å². The normalized spacial score (nSPS) is 15.4. The van der Waals surface area contributed by atoms with Crippen molar-refractivity contribution in [3.8, 4) is 5.75 Å². The van der Waals surface area contributed by atoms with Crippen molar-refractivity contribution in [3.05, 3.63) is 55.4 Å². The maximum absolute atomic E-state index is 12.8. The number of nitrogens with one attached hydrogen (secondary N) is 1. The molecule has 3 rings (SSSR count). The Kier molecular flexibility index (Phi) is 4.29. The first kappa shape index (κ1) is 16.2. The molecule has 1 saturated carbocycles. The summed E-state index contributed by atoms with van der Waals surface area (Å²) >= 11 is 9.08. The Bertz CT molecular complexity index is 828. The number of hydrogen-bond donors (Lipinski definition) is 2. The molecule has 0 radical (unpaired) electrons. The molecule has 1 fully saturated rings. The molecule has 1 aromatic carbocycles. The van der Waals surface area contributed by atoms with Crippen molar-refractivity contribution in [1.82, 2.24) is 9.78 Å². The highest BCUT2D eigenvalue weighted by Crippen LogP contribution is 2.35. The average Bonchev–Trinajstić information content (AvgIpc) is 3.36. The van der Waals surface area contributed by atoms with Gasteiger partial charge in [-0.15, -0.1) is 0 Å². The van der Waals surface area contributed by atoms with Crippen molar-refractivity contribution in [2.45, 2.75) is 25.8 Å². The lowest BCUT2D eigenvalue weighted by molar-refractivity contribution is 0.444. The van der Waals surface area contributed by atoms with Crippen LogP contribution in [0, 0.1) is 11.3 Å². The van der Waals surface area contributed by atoms with E-state index in [1.165, 1.54) is 4.68 Å². The van der Waals surface area contributed by atoms with Crippen LogP contribution in [0.1, 0.15) is 36.9 Å². The van der Waals surface area contributed by atoms with Gasteiger partial charge in [0.15, 0.2) is 10.4 Å². The van der Waals surface area contributed by atoms with Crippen molar-refractivity contribution in [3.63, 3.8) is 0 Å². The first-order chi connectivity index (χ1) is 10.9. The Labute approximate surface area is 146 Å². The lowest BCUT2D eigenvalue weighted by Crippen LogP contribution is -2.32. The third kappa shape index (κ3) is 3.05. The summed E-state index contributed by atoms with van der Waals surface area (Å²) in [5.74, 6) is -0.200. The molecule has 1 aliphatic carbocycles. The highest BCUT2D eigenvalue weighted by molar-refractivity contribution is 9.10. The third-order valence-electron chi connectivity index (χ3n) is 4.02. The number of hydrogen-bond acceptors (Lipinski definition) is 4. The van der Waals surface area contributed by atoms with E-state index in [0.29, 0.717) is 5.02 Å². The predicted octanol–water partition coefficient (Wildman–Crippen LogP) is 3.75. The fraction of sp³-hybridized carbons (Fsp3) is 0.312. The fourth-order valence-corrected chi connectivity index (χ4v) is 2.97. The van der Waals surface area contributed by atoms with Crippen molar-refractivity contribution < 1.29 is 5.11 Å². The smallest absolute Gasteiger partial charge is 0.280 e. The van der Waals surface area contributed by atoms with Gasteiger partial charge in [-0.05, 0) is 53.4 Å². The molecule has 0 saturated heterocycles. The molecule has 0 bridgehead atoms. The minimum absolute atomic E-state index is 0.0372. The molecule has 1 unspecified atom stereocenters. The van der Waals surface area contributed by atoms with Crippen LogP contribution in [0.15, 0.2) is 33.7 Å². The Balaban J connectivity index is 2.10. The van der Waals surface area contributed by atoms with Gasteiger partial charge < -0.3 is 10.5 Å². The van der Waals surface area contributed by atoms with Gasteiger partial charge in [-0.1, -0.05) is 23.7 Å². The third-order valence-corrected chi connectivity index (χ3v) is 4.81. The molecule has 5 nitrogen and oxygen atoms in total. The quantitative estimate of drug-likeness (QED) is 0.772. The summed E-state index contributed by atoms with van der Waals surface area (Å²) in [6.45, 7) is 1.84. The lowest BCUT2D eigenvalue weighted by Gasteiger charge is -2.17. The maximum atomic E-state index is 12.8. The van der Waals surface area contributed by atoms with Gasteiger partial charge in [0, 0.05) is 10.9 Å². The number of nitrogens with zero attached hydrogens (tertiary/aromatic N) is 2. The minimum Gasteiger partial charge on any atom is -0.504 e. The average molecular weight is 397 g/mol. The van der Waals surface area contributed by atoms with Crippen LogP contribution in [0.3, 0.4) is 0 Å². The highest BCUT2D eigenvalue weighted by Gasteiger charge is 2.32. The van der Waals surface area contributed by atoms with Crippen LogP contribution in [0.4, 0.5) is 0 Å². The summed E-state index contributed by atoms with van der Waals surface area (Å²) in [4.78, 5) is 12.8. The number of benzene rings is 1. The second kappa shape index (κ2) is 6.09. The standard InChI is InChI=1S/C16H15BrClN3O2/c1-8(9-4-6-11(18)7-5-9)21-16(23)12(13(19)10-2-3-10)14(22)15(17)20-21/h4-8,10,19,22H,2-3H2,1H3. The summed E-state index contributed by atoms with van der Waals surface area (Å²) in [5, 5.41) is 23.1. The van der Waals surface area contributed by atoms with Gasteiger partial charge in [-0.3, -0.25) is 4.79 Å². The van der Waals surface area contributed by atoms with E-state index in [1.807, 2.05) is 19.1 Å². The zero-order chi connectivity index (χ0) is 16.7. The summed E-state index contributed by atoms with van der Waals surface area (Å²) in [6, 6.07) is 6.81. The van der Waals surface area contributed by atoms with Gasteiger partial charge >= 0.3 is 0 Å². The van der Waals surface area contributed by atoms with Gasteiger partial charge in [0.2, 0.25) is 0 Å². The zero-order valence-electron chi connectivity index (χ0n) is 12.4. The first-order valence-electron chi connectivity index (χ1n) is 7.25. The predicted molar refractivity (Wildman–Crippen MR) is 92.7 cm³/mol. The van der Waals surface area contributed by atoms with E-state index in [9.17, 15) is 9.90 Å². The first-order valence-corrected chi connectivity index (χ1v) is 8.42. The molecule has 2 N–H and O–H groups in total. The molecule has 2 aromatic rings. The van der Waals surface area contributed by atoms with E-state index in [1.54, 1.807) is 12.1 Å². The molecule has 0 aliphatic heterocycles. The molecule has 0 spiro atoms. The summed E-state index contributed by atoms with van der Waals surface area (Å²) in [6.07, 6.45) is 1.76. The van der Waals surface area contributed by atoms with E-state index < -0.39 is 5.56 Å². The molecule has 7 heteroatoms. The van der Waals surface area contributed by atoms with Crippen molar-refractivity contribution in [2.75, 3.05) is 0 Å². The van der Waals surface area contributed by atoms with E-state index in [2.05, 4.69) is 21.0 Å². The molecular formula is C16H15BrClN3O2. The van der Waals surface area contributed by atoms with Crippen molar-refractivity contribution in [2.24, 2.45) is 5.92 Å². The molecule has 1 aromatic heterocycles. The van der Waals surface area contributed by atoms with Crippen LogP contribution >= 0.6 is 27.5 Å². The van der Waals surface area contributed by atoms with Crippen LogP contribution in [0.5, 0.6) is 5.75 Å². The second-order valence-electron chi connectivity index (χ2n) is 5.68. The fourth-order valence-electron chi connectivity index (χ4n) is 2.47. The van der Waals surface area contributed by atoms with E-state index in [-0.39, 0.29) is 33.6 Å². The van der Waals surface area contributed by atoms with Crippen molar-refractivity contribution in [1.29, 1.82) is 5.41 Å². The van der Waals surface area contributed by atoms with Gasteiger partial charge in [0.25, 0.3) is 5.56 Å². The van der Waals surface area contributed by atoms with Gasteiger partial charge in [-0.25, -0.2) is 4.68 Å². The minimum atomic E-state index is -0.454. The van der Waals surface area contributed by atoms with E-state index in [4.69, 9.17) is 17.0 Å². The Morgan fingerprint density at radius 3 is 2.61 bits per heavy atom. The Morgan fingerprint density at radius 2 is 2.04 bits per heavy atom. The second-order valence-corrected chi connectivity index (χ2v) is 6.87. The monoisotopic (exact) mass is 395 g/mol. The molecule has 23 heavy (non-hydrogen) atoms. The topological polar surface area (TPSA) is 79.0 Å².